The lowest BCUT2D eigenvalue weighted by Gasteiger charge is -2.21. The molecule has 1 aliphatic rings. The zero-order chi connectivity index (χ0) is 12.4. The molecule has 0 saturated carbocycles. The average molecular weight is 245 g/mol. The normalized spacial score (nSPS) is 17.3. The Bertz CT molecular complexity index is 527. The standard InChI is InChI=1S/C13H19N5/c14-11-3-2-10-13(17-11)18-12(16-10)4-1-9-5-7-15-8-6-9/h2-3,9,15H,1,4-8H2,(H3,14,16,17,18). The maximum absolute atomic E-state index is 5.65. The molecule has 3 rings (SSSR count). The summed E-state index contributed by atoms with van der Waals surface area (Å²) in [6, 6.07) is 3.75. The summed E-state index contributed by atoms with van der Waals surface area (Å²) in [4.78, 5) is 12.0. The molecule has 5 nitrogen and oxygen atoms in total. The molecule has 0 spiro atoms. The molecule has 0 unspecified atom stereocenters. The predicted octanol–water partition coefficient (Wildman–Crippen LogP) is 1.47. The third-order valence-corrected chi connectivity index (χ3v) is 3.66. The fourth-order valence-electron chi connectivity index (χ4n) is 2.59. The van der Waals surface area contributed by atoms with Gasteiger partial charge in [-0.1, -0.05) is 0 Å². The molecular formula is C13H19N5. The van der Waals surface area contributed by atoms with Gasteiger partial charge in [-0.15, -0.1) is 0 Å². The van der Waals surface area contributed by atoms with E-state index in [1.165, 1.54) is 19.3 Å². The van der Waals surface area contributed by atoms with E-state index in [0.29, 0.717) is 5.82 Å². The van der Waals surface area contributed by atoms with E-state index < -0.39 is 0 Å². The minimum atomic E-state index is 0.527. The van der Waals surface area contributed by atoms with E-state index in [0.717, 1.165) is 42.4 Å². The van der Waals surface area contributed by atoms with Gasteiger partial charge >= 0.3 is 0 Å². The van der Waals surface area contributed by atoms with Crippen LogP contribution in [0.5, 0.6) is 0 Å². The molecule has 0 atom stereocenters. The minimum Gasteiger partial charge on any atom is -0.384 e. The topological polar surface area (TPSA) is 79.6 Å². The number of nitrogen functional groups attached to an aromatic ring is 1. The number of H-pyrrole nitrogens is 1. The molecule has 0 amide bonds. The van der Waals surface area contributed by atoms with Crippen molar-refractivity contribution in [2.24, 2.45) is 5.92 Å². The van der Waals surface area contributed by atoms with Crippen molar-refractivity contribution in [2.75, 3.05) is 18.8 Å². The summed E-state index contributed by atoms with van der Waals surface area (Å²) < 4.78 is 0. The van der Waals surface area contributed by atoms with Crippen LogP contribution < -0.4 is 11.1 Å². The second-order valence-corrected chi connectivity index (χ2v) is 5.02. The molecule has 18 heavy (non-hydrogen) atoms. The first kappa shape index (κ1) is 11.5. The van der Waals surface area contributed by atoms with Crippen LogP contribution in [0.1, 0.15) is 25.1 Å². The van der Waals surface area contributed by atoms with E-state index in [2.05, 4.69) is 20.3 Å². The fraction of sp³-hybridized carbons (Fsp3) is 0.538. The molecular weight excluding hydrogens is 226 g/mol. The van der Waals surface area contributed by atoms with E-state index in [1.807, 2.05) is 6.07 Å². The van der Waals surface area contributed by atoms with Crippen LogP contribution in [-0.2, 0) is 6.42 Å². The maximum Gasteiger partial charge on any atom is 0.179 e. The molecule has 3 heterocycles. The van der Waals surface area contributed by atoms with Gasteiger partial charge < -0.3 is 16.0 Å². The molecule has 2 aromatic heterocycles. The van der Waals surface area contributed by atoms with E-state index in [-0.39, 0.29) is 0 Å². The Morgan fingerprint density at radius 3 is 2.89 bits per heavy atom. The summed E-state index contributed by atoms with van der Waals surface area (Å²) in [7, 11) is 0. The highest BCUT2D eigenvalue weighted by Crippen LogP contribution is 2.19. The van der Waals surface area contributed by atoms with Gasteiger partial charge in [-0.05, 0) is 50.4 Å². The van der Waals surface area contributed by atoms with Crippen LogP contribution >= 0.6 is 0 Å². The third kappa shape index (κ3) is 2.46. The third-order valence-electron chi connectivity index (χ3n) is 3.66. The SMILES string of the molecule is Nc1ccc2[nH]c(CCC3CCNCC3)nc2n1. The Morgan fingerprint density at radius 1 is 1.22 bits per heavy atom. The van der Waals surface area contributed by atoms with Crippen molar-refractivity contribution >= 4 is 17.0 Å². The van der Waals surface area contributed by atoms with Crippen LogP contribution in [0.4, 0.5) is 5.82 Å². The van der Waals surface area contributed by atoms with Crippen molar-refractivity contribution < 1.29 is 0 Å². The Morgan fingerprint density at radius 2 is 2.06 bits per heavy atom. The lowest BCUT2D eigenvalue weighted by molar-refractivity contribution is 0.352. The second-order valence-electron chi connectivity index (χ2n) is 5.02. The number of nitrogens with two attached hydrogens (primary N) is 1. The highest BCUT2D eigenvalue weighted by molar-refractivity contribution is 5.72. The fourth-order valence-corrected chi connectivity index (χ4v) is 2.59. The van der Waals surface area contributed by atoms with Crippen molar-refractivity contribution in [3.8, 4) is 0 Å². The number of aromatic nitrogens is 3. The van der Waals surface area contributed by atoms with Crippen LogP contribution in [0.15, 0.2) is 12.1 Å². The number of piperidine rings is 1. The van der Waals surface area contributed by atoms with Crippen LogP contribution in [0, 0.1) is 5.92 Å². The second kappa shape index (κ2) is 4.94. The number of anilines is 1. The lowest BCUT2D eigenvalue weighted by atomic mass is 9.93. The number of rotatable bonds is 3. The van der Waals surface area contributed by atoms with Crippen molar-refractivity contribution in [2.45, 2.75) is 25.7 Å². The number of nitrogens with zero attached hydrogens (tertiary/aromatic N) is 2. The van der Waals surface area contributed by atoms with Gasteiger partial charge in [-0.2, -0.15) is 0 Å². The molecule has 96 valence electrons. The summed E-state index contributed by atoms with van der Waals surface area (Å²) >= 11 is 0. The molecule has 0 aromatic carbocycles. The Labute approximate surface area is 106 Å². The van der Waals surface area contributed by atoms with Crippen molar-refractivity contribution in [1.29, 1.82) is 0 Å². The van der Waals surface area contributed by atoms with Crippen molar-refractivity contribution in [3.05, 3.63) is 18.0 Å². The highest BCUT2D eigenvalue weighted by Gasteiger charge is 2.13. The van der Waals surface area contributed by atoms with Gasteiger partial charge in [-0.25, -0.2) is 9.97 Å². The van der Waals surface area contributed by atoms with Gasteiger partial charge in [-0.3, -0.25) is 0 Å². The van der Waals surface area contributed by atoms with Gasteiger partial charge in [0, 0.05) is 6.42 Å². The quantitative estimate of drug-likeness (QED) is 0.765. The van der Waals surface area contributed by atoms with E-state index in [9.17, 15) is 0 Å². The van der Waals surface area contributed by atoms with Crippen LogP contribution in [0.2, 0.25) is 0 Å². The first-order valence-electron chi connectivity index (χ1n) is 6.63. The number of nitrogens with one attached hydrogen (secondary N) is 2. The number of aryl methyl sites for hydroxylation is 1. The number of imidazole rings is 1. The van der Waals surface area contributed by atoms with Gasteiger partial charge in [0.15, 0.2) is 5.65 Å². The molecule has 0 radical (unpaired) electrons. The number of aromatic amines is 1. The summed E-state index contributed by atoms with van der Waals surface area (Å²) in [6.07, 6.45) is 4.77. The molecule has 4 N–H and O–H groups in total. The zero-order valence-corrected chi connectivity index (χ0v) is 10.4. The molecule has 1 saturated heterocycles. The largest absolute Gasteiger partial charge is 0.384 e. The minimum absolute atomic E-state index is 0.527. The maximum atomic E-state index is 5.65. The number of fused-ring (bicyclic) bond motifs is 1. The molecule has 2 aromatic rings. The van der Waals surface area contributed by atoms with Gasteiger partial charge in [0.1, 0.15) is 11.6 Å². The highest BCUT2D eigenvalue weighted by atomic mass is 15.0. The van der Waals surface area contributed by atoms with Crippen molar-refractivity contribution in [1.82, 2.24) is 20.3 Å². The zero-order valence-electron chi connectivity index (χ0n) is 10.4. The van der Waals surface area contributed by atoms with Crippen LogP contribution in [0.25, 0.3) is 11.2 Å². The van der Waals surface area contributed by atoms with Gasteiger partial charge in [0.2, 0.25) is 0 Å². The Balaban J connectivity index is 1.67. The molecule has 0 aliphatic carbocycles. The van der Waals surface area contributed by atoms with Crippen LogP contribution in [-0.4, -0.2) is 28.0 Å². The predicted molar refractivity (Wildman–Crippen MR) is 72.2 cm³/mol. The molecule has 0 bridgehead atoms. The molecule has 1 aliphatic heterocycles. The number of hydrogen-bond acceptors (Lipinski definition) is 4. The first-order chi connectivity index (χ1) is 8.81. The number of hydrogen-bond donors (Lipinski definition) is 3. The summed E-state index contributed by atoms with van der Waals surface area (Å²) in [6.45, 7) is 2.31. The summed E-state index contributed by atoms with van der Waals surface area (Å²) in [5, 5.41) is 3.39. The van der Waals surface area contributed by atoms with E-state index in [1.54, 1.807) is 6.07 Å². The molecule has 5 heteroatoms. The summed E-state index contributed by atoms with van der Waals surface area (Å²) in [5.74, 6) is 2.39. The van der Waals surface area contributed by atoms with Crippen molar-refractivity contribution in [3.63, 3.8) is 0 Å². The van der Waals surface area contributed by atoms with Gasteiger partial charge in [0.05, 0.1) is 5.52 Å². The smallest absolute Gasteiger partial charge is 0.179 e. The average Bonchev–Trinajstić information content (AvgIpc) is 2.79. The lowest BCUT2D eigenvalue weighted by Crippen LogP contribution is -2.27. The Hall–Kier alpha value is -1.62. The Kier molecular flexibility index (Phi) is 3.15. The van der Waals surface area contributed by atoms with E-state index in [4.69, 9.17) is 5.73 Å². The molecule has 1 fully saturated rings. The summed E-state index contributed by atoms with van der Waals surface area (Å²) in [5.41, 5.74) is 7.36. The van der Waals surface area contributed by atoms with Crippen LogP contribution in [0.3, 0.4) is 0 Å². The number of pyridine rings is 1. The van der Waals surface area contributed by atoms with Gasteiger partial charge in [0.25, 0.3) is 0 Å². The first-order valence-corrected chi connectivity index (χ1v) is 6.63. The monoisotopic (exact) mass is 245 g/mol. The van der Waals surface area contributed by atoms with E-state index >= 15 is 0 Å².